The Hall–Kier alpha value is -1.78. The molecule has 0 saturated heterocycles. The number of carbonyl (C=O) groups is 1. The summed E-state index contributed by atoms with van der Waals surface area (Å²) < 4.78 is 5.54. The second kappa shape index (κ2) is 7.86. The summed E-state index contributed by atoms with van der Waals surface area (Å²) in [5, 5.41) is 19.7. The van der Waals surface area contributed by atoms with Crippen LogP contribution in [0.15, 0.2) is 35.9 Å². The molecule has 24 heavy (non-hydrogen) atoms. The van der Waals surface area contributed by atoms with Crippen molar-refractivity contribution < 1.29 is 19.7 Å². The minimum atomic E-state index is -1.02. The Kier molecular flexibility index (Phi) is 6.08. The molecule has 1 fully saturated rings. The van der Waals surface area contributed by atoms with E-state index in [4.69, 9.17) is 16.3 Å². The van der Waals surface area contributed by atoms with Crippen molar-refractivity contribution in [2.45, 2.75) is 32.8 Å². The highest BCUT2D eigenvalue weighted by atomic mass is 35.5. The van der Waals surface area contributed by atoms with Gasteiger partial charge in [-0.1, -0.05) is 31.2 Å². The molecule has 1 aliphatic carbocycles. The molecule has 2 rings (SSSR count). The zero-order chi connectivity index (χ0) is 17.9. The van der Waals surface area contributed by atoms with Crippen molar-refractivity contribution in [2.75, 3.05) is 6.61 Å². The highest BCUT2D eigenvalue weighted by molar-refractivity contribution is 6.30. The van der Waals surface area contributed by atoms with E-state index in [0.717, 1.165) is 22.6 Å². The lowest BCUT2D eigenvalue weighted by atomic mass is 9.99. The summed E-state index contributed by atoms with van der Waals surface area (Å²) in [5.74, 6) is -0.104. The summed E-state index contributed by atoms with van der Waals surface area (Å²) in [6, 6.07) is 4.84. The molecule has 0 spiro atoms. The standard InChI is InChI=1S/C19H23ClO4/c1-4-14(21)10-24-15-7-12(6-13(8-15)19(22)23)11(3)16-9-17(16)18(20)5-2/h5-8,14,16-17,21H,3-4,9-10H2,1-2H3,(H,22,23)/b18-5+/t14-,16?,17?/m1/s1. The number of halogens is 1. The SMILES string of the molecule is C=C(c1cc(OC[C@H](O)CC)cc(C(=O)O)c1)C1CC1/C(Cl)=C\C. The minimum Gasteiger partial charge on any atom is -0.491 e. The monoisotopic (exact) mass is 350 g/mol. The van der Waals surface area contributed by atoms with Gasteiger partial charge >= 0.3 is 5.97 Å². The molecule has 3 atom stereocenters. The Bertz CT molecular complexity index is 665. The number of hydrogen-bond acceptors (Lipinski definition) is 3. The number of aromatic carboxylic acids is 1. The molecule has 0 aliphatic heterocycles. The average Bonchev–Trinajstić information content (AvgIpc) is 3.38. The van der Waals surface area contributed by atoms with E-state index in [2.05, 4.69) is 6.58 Å². The summed E-state index contributed by atoms with van der Waals surface area (Å²) in [7, 11) is 0. The molecule has 0 aromatic heterocycles. The third-order valence-electron chi connectivity index (χ3n) is 4.31. The summed E-state index contributed by atoms with van der Waals surface area (Å²) in [5.41, 5.74) is 1.75. The number of rotatable bonds is 8. The molecule has 1 aromatic carbocycles. The zero-order valence-electron chi connectivity index (χ0n) is 14.0. The maximum absolute atomic E-state index is 11.4. The van der Waals surface area contributed by atoms with Crippen molar-refractivity contribution in [3.8, 4) is 5.75 Å². The molecule has 0 heterocycles. The van der Waals surface area contributed by atoms with Gasteiger partial charge in [0.25, 0.3) is 0 Å². The van der Waals surface area contributed by atoms with Gasteiger partial charge in [-0.05, 0) is 55.0 Å². The van der Waals surface area contributed by atoms with Crippen LogP contribution < -0.4 is 4.74 Å². The first-order chi connectivity index (χ1) is 11.4. The number of benzene rings is 1. The lowest BCUT2D eigenvalue weighted by Crippen LogP contribution is -2.16. The summed E-state index contributed by atoms with van der Waals surface area (Å²) in [4.78, 5) is 11.4. The summed E-state index contributed by atoms with van der Waals surface area (Å²) >= 11 is 6.18. The van der Waals surface area contributed by atoms with Gasteiger partial charge in [-0.2, -0.15) is 0 Å². The first-order valence-corrected chi connectivity index (χ1v) is 8.45. The van der Waals surface area contributed by atoms with Crippen LogP contribution in [0.5, 0.6) is 5.75 Å². The minimum absolute atomic E-state index is 0.127. The smallest absolute Gasteiger partial charge is 0.335 e. The quantitative estimate of drug-likeness (QED) is 0.732. The van der Waals surface area contributed by atoms with Crippen LogP contribution in [0.2, 0.25) is 0 Å². The molecular formula is C19H23ClO4. The molecule has 1 aliphatic rings. The van der Waals surface area contributed by atoms with E-state index >= 15 is 0 Å². The van der Waals surface area contributed by atoms with E-state index < -0.39 is 12.1 Å². The Morgan fingerprint density at radius 3 is 2.67 bits per heavy atom. The van der Waals surface area contributed by atoms with Gasteiger partial charge < -0.3 is 14.9 Å². The molecule has 5 heteroatoms. The van der Waals surface area contributed by atoms with Gasteiger partial charge in [0.2, 0.25) is 0 Å². The van der Waals surface area contributed by atoms with Gasteiger partial charge in [-0.3, -0.25) is 0 Å². The van der Waals surface area contributed by atoms with Gasteiger partial charge in [0.1, 0.15) is 12.4 Å². The molecule has 1 saturated carbocycles. The van der Waals surface area contributed by atoms with E-state index in [1.165, 1.54) is 6.07 Å². The van der Waals surface area contributed by atoms with Gasteiger partial charge in [0, 0.05) is 11.0 Å². The number of carboxylic acids is 1. The number of ether oxygens (including phenoxy) is 1. The third-order valence-corrected chi connectivity index (χ3v) is 4.80. The Morgan fingerprint density at radius 2 is 2.08 bits per heavy atom. The average molecular weight is 351 g/mol. The molecule has 0 radical (unpaired) electrons. The zero-order valence-corrected chi connectivity index (χ0v) is 14.7. The topological polar surface area (TPSA) is 66.8 Å². The predicted octanol–water partition coefficient (Wildman–Crippen LogP) is 4.33. The summed E-state index contributed by atoms with van der Waals surface area (Å²) in [6.45, 7) is 8.00. The molecule has 2 N–H and O–H groups in total. The van der Waals surface area contributed by atoms with Crippen LogP contribution in [0.1, 0.15) is 42.6 Å². The second-order valence-corrected chi connectivity index (χ2v) is 6.51. The van der Waals surface area contributed by atoms with Crippen LogP contribution in [0.3, 0.4) is 0 Å². The van der Waals surface area contributed by atoms with Crippen molar-refractivity contribution in [3.05, 3.63) is 47.0 Å². The molecule has 1 aromatic rings. The Morgan fingerprint density at radius 1 is 1.42 bits per heavy atom. The second-order valence-electron chi connectivity index (χ2n) is 6.07. The Balaban J connectivity index is 2.21. The predicted molar refractivity (Wildman–Crippen MR) is 95.4 cm³/mol. The fraction of sp³-hybridized carbons (Fsp3) is 0.421. The van der Waals surface area contributed by atoms with Crippen LogP contribution in [0, 0.1) is 11.8 Å². The number of carboxylic acid groups (broad SMARTS) is 1. The van der Waals surface area contributed by atoms with Gasteiger partial charge in [0.05, 0.1) is 11.7 Å². The van der Waals surface area contributed by atoms with Gasteiger partial charge in [-0.25, -0.2) is 4.79 Å². The van der Waals surface area contributed by atoms with Crippen molar-refractivity contribution in [3.63, 3.8) is 0 Å². The maximum atomic E-state index is 11.4. The molecule has 4 nitrogen and oxygen atoms in total. The summed E-state index contributed by atoms with van der Waals surface area (Å²) in [6.07, 6.45) is 2.80. The Labute approximate surface area is 147 Å². The lowest BCUT2D eigenvalue weighted by molar-refractivity contribution is 0.0696. The van der Waals surface area contributed by atoms with Gasteiger partial charge in [0.15, 0.2) is 0 Å². The first-order valence-electron chi connectivity index (χ1n) is 8.07. The van der Waals surface area contributed by atoms with Gasteiger partial charge in [-0.15, -0.1) is 0 Å². The van der Waals surface area contributed by atoms with Crippen LogP contribution in [-0.2, 0) is 0 Å². The molecule has 2 unspecified atom stereocenters. The van der Waals surface area contributed by atoms with Crippen LogP contribution in [0.25, 0.3) is 5.57 Å². The van der Waals surface area contributed by atoms with E-state index in [9.17, 15) is 15.0 Å². The number of hydrogen-bond donors (Lipinski definition) is 2. The van der Waals surface area contributed by atoms with Crippen LogP contribution in [-0.4, -0.2) is 28.9 Å². The van der Waals surface area contributed by atoms with Crippen molar-refractivity contribution >= 4 is 23.1 Å². The fourth-order valence-corrected chi connectivity index (χ4v) is 2.86. The van der Waals surface area contributed by atoms with E-state index in [-0.39, 0.29) is 24.0 Å². The highest BCUT2D eigenvalue weighted by Crippen LogP contribution is 2.52. The van der Waals surface area contributed by atoms with E-state index in [0.29, 0.717) is 12.2 Å². The number of aliphatic hydroxyl groups is 1. The number of allylic oxidation sites excluding steroid dienone is 3. The van der Waals surface area contributed by atoms with Crippen molar-refractivity contribution in [2.24, 2.45) is 11.8 Å². The fourth-order valence-electron chi connectivity index (χ4n) is 2.61. The van der Waals surface area contributed by atoms with E-state index in [1.807, 2.05) is 19.9 Å². The lowest BCUT2D eigenvalue weighted by Gasteiger charge is -2.13. The van der Waals surface area contributed by atoms with Crippen LogP contribution in [0.4, 0.5) is 0 Å². The highest BCUT2D eigenvalue weighted by Gasteiger charge is 2.41. The van der Waals surface area contributed by atoms with Crippen molar-refractivity contribution in [1.82, 2.24) is 0 Å². The molecular weight excluding hydrogens is 328 g/mol. The molecule has 0 bridgehead atoms. The van der Waals surface area contributed by atoms with Crippen molar-refractivity contribution in [1.29, 1.82) is 0 Å². The third kappa shape index (κ3) is 4.40. The largest absolute Gasteiger partial charge is 0.491 e. The maximum Gasteiger partial charge on any atom is 0.335 e. The first kappa shape index (κ1) is 18.6. The molecule has 0 amide bonds. The molecule has 130 valence electrons. The van der Waals surface area contributed by atoms with Crippen LogP contribution >= 0.6 is 11.6 Å². The number of aliphatic hydroxyl groups excluding tert-OH is 1. The normalized spacial score (nSPS) is 21.2. The van der Waals surface area contributed by atoms with E-state index in [1.54, 1.807) is 12.1 Å².